The summed E-state index contributed by atoms with van der Waals surface area (Å²) < 4.78 is 24.6. The number of anilines is 1. The molecule has 17 heavy (non-hydrogen) atoms. The fourth-order valence-corrected chi connectivity index (χ4v) is 2.12. The molecule has 0 bridgehead atoms. The number of carbonyl (C=O) groups is 1. The maximum atomic E-state index is 11.3. The summed E-state index contributed by atoms with van der Waals surface area (Å²) in [6, 6.07) is 5.44. The van der Waals surface area contributed by atoms with E-state index in [1.54, 1.807) is 0 Å². The average Bonchev–Trinajstić information content (AvgIpc) is 2.15. The quantitative estimate of drug-likeness (QED) is 0.860. The molecule has 0 aliphatic heterocycles. The van der Waals surface area contributed by atoms with Crippen molar-refractivity contribution in [3.8, 4) is 6.07 Å². The predicted octanol–water partition coefficient (Wildman–Crippen LogP) is 1.30. The van der Waals surface area contributed by atoms with Gasteiger partial charge < -0.3 is 5.11 Å². The van der Waals surface area contributed by atoms with Crippen molar-refractivity contribution in [2.45, 2.75) is 0 Å². The van der Waals surface area contributed by atoms with E-state index in [9.17, 15) is 13.2 Å². The van der Waals surface area contributed by atoms with Crippen LogP contribution in [0.25, 0.3) is 0 Å². The molecule has 0 radical (unpaired) electrons. The highest BCUT2D eigenvalue weighted by Crippen LogP contribution is 2.25. The Bertz CT molecular complexity index is 592. The standard InChI is InChI=1S/C9H7ClN2O4S/c10-6-2-1-3-7(8(6)9(13)14)12-17(15,16)5-4-11/h1-3,12H,5H2,(H,13,14). The van der Waals surface area contributed by atoms with E-state index in [0.717, 1.165) is 0 Å². The van der Waals surface area contributed by atoms with Crippen LogP contribution in [0, 0.1) is 11.3 Å². The molecule has 2 N–H and O–H groups in total. The summed E-state index contributed by atoms with van der Waals surface area (Å²) in [5.41, 5.74) is -0.518. The molecule has 0 aromatic heterocycles. The van der Waals surface area contributed by atoms with Crippen LogP contribution in [0.15, 0.2) is 18.2 Å². The van der Waals surface area contributed by atoms with E-state index in [4.69, 9.17) is 22.0 Å². The normalized spacial score (nSPS) is 10.6. The number of benzene rings is 1. The van der Waals surface area contributed by atoms with Crippen LogP contribution in [0.4, 0.5) is 5.69 Å². The molecule has 0 aliphatic carbocycles. The summed E-state index contributed by atoms with van der Waals surface area (Å²) in [4.78, 5) is 10.9. The van der Waals surface area contributed by atoms with Gasteiger partial charge in [-0.1, -0.05) is 17.7 Å². The minimum absolute atomic E-state index is 0.0883. The van der Waals surface area contributed by atoms with Gasteiger partial charge in [-0.25, -0.2) is 13.2 Å². The molecule has 0 aliphatic rings. The first-order valence-electron chi connectivity index (χ1n) is 4.26. The topological polar surface area (TPSA) is 107 Å². The van der Waals surface area contributed by atoms with Gasteiger partial charge in [0.25, 0.3) is 0 Å². The number of hydrogen-bond donors (Lipinski definition) is 2. The zero-order valence-corrected chi connectivity index (χ0v) is 9.92. The number of rotatable bonds is 4. The molecule has 0 amide bonds. The number of nitrogens with one attached hydrogen (secondary N) is 1. The van der Waals surface area contributed by atoms with Crippen LogP contribution in [-0.4, -0.2) is 25.2 Å². The van der Waals surface area contributed by atoms with Gasteiger partial charge in [-0.2, -0.15) is 5.26 Å². The summed E-state index contributed by atoms with van der Waals surface area (Å²) in [6.07, 6.45) is 0. The van der Waals surface area contributed by atoms with Crippen molar-refractivity contribution in [2.24, 2.45) is 0 Å². The van der Waals surface area contributed by atoms with Crippen molar-refractivity contribution in [1.82, 2.24) is 0 Å². The largest absolute Gasteiger partial charge is 0.478 e. The summed E-state index contributed by atoms with van der Waals surface area (Å²) in [7, 11) is -3.89. The van der Waals surface area contributed by atoms with E-state index in [0.29, 0.717) is 0 Å². The third-order valence-electron chi connectivity index (χ3n) is 1.75. The second kappa shape index (κ2) is 5.03. The number of aromatic carboxylic acids is 1. The molecule has 0 saturated carbocycles. The van der Waals surface area contributed by atoms with Crippen LogP contribution >= 0.6 is 11.6 Å². The highest BCUT2D eigenvalue weighted by Gasteiger charge is 2.18. The Morgan fingerprint density at radius 1 is 1.53 bits per heavy atom. The Labute approximate surface area is 102 Å². The number of carboxylic acids is 1. The zero-order chi connectivity index (χ0) is 13.1. The highest BCUT2D eigenvalue weighted by atomic mass is 35.5. The van der Waals surface area contributed by atoms with Crippen LogP contribution in [0.2, 0.25) is 5.02 Å². The Balaban J connectivity index is 3.21. The number of halogens is 1. The molecule has 1 aromatic carbocycles. The molecular formula is C9H7ClN2O4S. The van der Waals surface area contributed by atoms with Crippen molar-refractivity contribution >= 4 is 33.3 Å². The van der Waals surface area contributed by atoms with Gasteiger partial charge in [0.05, 0.1) is 16.8 Å². The maximum Gasteiger partial charge on any atom is 0.339 e. The van der Waals surface area contributed by atoms with E-state index >= 15 is 0 Å². The van der Waals surface area contributed by atoms with Crippen molar-refractivity contribution < 1.29 is 18.3 Å². The molecule has 0 spiro atoms. The smallest absolute Gasteiger partial charge is 0.339 e. The third-order valence-corrected chi connectivity index (χ3v) is 3.10. The van der Waals surface area contributed by atoms with Gasteiger partial charge in [-0.3, -0.25) is 4.72 Å². The molecule has 0 atom stereocenters. The molecule has 6 nitrogen and oxygen atoms in total. The predicted molar refractivity (Wildman–Crippen MR) is 61.4 cm³/mol. The second-order valence-corrected chi connectivity index (χ2v) is 5.12. The van der Waals surface area contributed by atoms with E-state index < -0.39 is 21.7 Å². The number of carboxylic acid groups (broad SMARTS) is 1. The summed E-state index contributed by atoms with van der Waals surface area (Å²) in [5.74, 6) is -2.12. The first kappa shape index (κ1) is 13.3. The number of nitriles is 1. The monoisotopic (exact) mass is 274 g/mol. The summed E-state index contributed by atoms with van der Waals surface area (Å²) in [6.45, 7) is 0. The van der Waals surface area contributed by atoms with Gasteiger partial charge in [0.1, 0.15) is 5.56 Å². The molecule has 0 unspecified atom stereocenters. The first-order chi connectivity index (χ1) is 7.87. The van der Waals surface area contributed by atoms with E-state index in [-0.39, 0.29) is 16.3 Å². The van der Waals surface area contributed by atoms with Gasteiger partial charge in [-0.15, -0.1) is 0 Å². The van der Waals surface area contributed by atoms with Crippen molar-refractivity contribution in [3.05, 3.63) is 28.8 Å². The van der Waals surface area contributed by atoms with Gasteiger partial charge in [0, 0.05) is 0 Å². The lowest BCUT2D eigenvalue weighted by Gasteiger charge is -2.09. The van der Waals surface area contributed by atoms with Crippen molar-refractivity contribution in [3.63, 3.8) is 0 Å². The van der Waals surface area contributed by atoms with Crippen LogP contribution in [0.1, 0.15) is 10.4 Å². The maximum absolute atomic E-state index is 11.3. The lowest BCUT2D eigenvalue weighted by molar-refractivity contribution is 0.0698. The Kier molecular flexibility index (Phi) is 3.93. The van der Waals surface area contributed by atoms with Crippen LogP contribution in [0.3, 0.4) is 0 Å². The Morgan fingerprint density at radius 3 is 2.71 bits per heavy atom. The lowest BCUT2D eigenvalue weighted by Crippen LogP contribution is -2.17. The van der Waals surface area contributed by atoms with Crippen LogP contribution in [-0.2, 0) is 10.0 Å². The first-order valence-corrected chi connectivity index (χ1v) is 6.29. The summed E-state index contributed by atoms with van der Waals surface area (Å²) in [5, 5.41) is 17.1. The van der Waals surface area contributed by atoms with Crippen molar-refractivity contribution in [1.29, 1.82) is 5.26 Å². The zero-order valence-electron chi connectivity index (χ0n) is 8.34. The SMILES string of the molecule is N#CCS(=O)(=O)Nc1cccc(Cl)c1C(=O)O. The minimum Gasteiger partial charge on any atom is -0.478 e. The molecule has 1 aromatic rings. The van der Waals surface area contributed by atoms with E-state index in [1.807, 2.05) is 4.72 Å². The average molecular weight is 275 g/mol. The van der Waals surface area contributed by atoms with Gasteiger partial charge in [-0.05, 0) is 12.1 Å². The minimum atomic E-state index is -3.89. The number of nitrogens with zero attached hydrogens (tertiary/aromatic N) is 1. The van der Waals surface area contributed by atoms with Gasteiger partial charge >= 0.3 is 5.97 Å². The van der Waals surface area contributed by atoms with E-state index in [2.05, 4.69) is 0 Å². The van der Waals surface area contributed by atoms with Gasteiger partial charge in [0.2, 0.25) is 10.0 Å². The molecular weight excluding hydrogens is 268 g/mol. The molecule has 8 heteroatoms. The molecule has 0 heterocycles. The molecule has 90 valence electrons. The second-order valence-electron chi connectivity index (χ2n) is 2.99. The van der Waals surface area contributed by atoms with Crippen molar-refractivity contribution in [2.75, 3.05) is 10.5 Å². The number of sulfonamides is 1. The molecule has 0 saturated heterocycles. The molecule has 1 rings (SSSR count). The Hall–Kier alpha value is -1.78. The molecule has 0 fully saturated rings. The third kappa shape index (κ3) is 3.34. The summed E-state index contributed by atoms with van der Waals surface area (Å²) >= 11 is 5.65. The van der Waals surface area contributed by atoms with Gasteiger partial charge in [0.15, 0.2) is 5.75 Å². The van der Waals surface area contributed by atoms with Crippen LogP contribution < -0.4 is 4.72 Å². The fourth-order valence-electron chi connectivity index (χ4n) is 1.12. The Morgan fingerprint density at radius 2 is 2.18 bits per heavy atom. The fraction of sp³-hybridized carbons (Fsp3) is 0.111. The highest BCUT2D eigenvalue weighted by molar-refractivity contribution is 7.92. The lowest BCUT2D eigenvalue weighted by atomic mass is 10.2. The van der Waals surface area contributed by atoms with E-state index in [1.165, 1.54) is 24.3 Å². The van der Waals surface area contributed by atoms with Crippen LogP contribution in [0.5, 0.6) is 0 Å². The number of hydrogen-bond acceptors (Lipinski definition) is 4.